The van der Waals surface area contributed by atoms with E-state index in [2.05, 4.69) is 11.9 Å². The lowest BCUT2D eigenvalue weighted by molar-refractivity contribution is -0.133. The SMILES string of the molecule is C=CNCCC(F)(F)F. The Morgan fingerprint density at radius 1 is 1.44 bits per heavy atom. The van der Waals surface area contributed by atoms with Crippen LogP contribution in [-0.2, 0) is 0 Å². The minimum Gasteiger partial charge on any atom is -0.391 e. The zero-order chi connectivity index (χ0) is 7.33. The Morgan fingerprint density at radius 3 is 2.33 bits per heavy atom. The van der Waals surface area contributed by atoms with Gasteiger partial charge in [-0.05, 0) is 6.20 Å². The Balaban J connectivity index is 3.17. The van der Waals surface area contributed by atoms with Crippen LogP contribution in [0, 0.1) is 0 Å². The molecule has 0 aromatic carbocycles. The van der Waals surface area contributed by atoms with Gasteiger partial charge in [-0.25, -0.2) is 0 Å². The predicted molar refractivity (Wildman–Crippen MR) is 28.9 cm³/mol. The van der Waals surface area contributed by atoms with Crippen LogP contribution in [0.25, 0.3) is 0 Å². The van der Waals surface area contributed by atoms with Gasteiger partial charge in [0, 0.05) is 6.54 Å². The first-order valence-electron chi connectivity index (χ1n) is 2.47. The molecule has 0 radical (unpaired) electrons. The first-order valence-corrected chi connectivity index (χ1v) is 2.47. The van der Waals surface area contributed by atoms with Crippen LogP contribution in [0.4, 0.5) is 13.2 Å². The van der Waals surface area contributed by atoms with Gasteiger partial charge in [0.15, 0.2) is 0 Å². The second kappa shape index (κ2) is 3.37. The number of hydrogen-bond acceptors (Lipinski definition) is 1. The summed E-state index contributed by atoms with van der Waals surface area (Å²) < 4.78 is 33.9. The summed E-state index contributed by atoms with van der Waals surface area (Å²) in [5, 5.41) is 2.35. The molecule has 0 aliphatic rings. The van der Waals surface area contributed by atoms with Gasteiger partial charge >= 0.3 is 6.18 Å². The monoisotopic (exact) mass is 139 g/mol. The van der Waals surface area contributed by atoms with E-state index in [0.717, 1.165) is 0 Å². The van der Waals surface area contributed by atoms with E-state index in [0.29, 0.717) is 0 Å². The van der Waals surface area contributed by atoms with E-state index in [9.17, 15) is 13.2 Å². The molecular weight excluding hydrogens is 131 g/mol. The van der Waals surface area contributed by atoms with Crippen LogP contribution in [0.3, 0.4) is 0 Å². The summed E-state index contributed by atoms with van der Waals surface area (Å²) in [7, 11) is 0. The highest BCUT2D eigenvalue weighted by Gasteiger charge is 2.25. The van der Waals surface area contributed by atoms with Gasteiger partial charge in [-0.15, -0.1) is 0 Å². The van der Waals surface area contributed by atoms with Crippen LogP contribution in [0.15, 0.2) is 12.8 Å². The molecule has 54 valence electrons. The summed E-state index contributed by atoms with van der Waals surface area (Å²) in [6.07, 6.45) is -3.62. The quantitative estimate of drug-likeness (QED) is 0.586. The molecule has 0 amide bonds. The third-order valence-electron chi connectivity index (χ3n) is 0.697. The number of alkyl halides is 3. The molecule has 0 aliphatic carbocycles. The number of nitrogens with one attached hydrogen (secondary N) is 1. The van der Waals surface area contributed by atoms with Gasteiger partial charge in [0.2, 0.25) is 0 Å². The summed E-state index contributed by atoms with van der Waals surface area (Å²) in [4.78, 5) is 0. The van der Waals surface area contributed by atoms with Crippen LogP contribution in [0.2, 0.25) is 0 Å². The number of halogens is 3. The summed E-state index contributed by atoms with van der Waals surface area (Å²) in [5.74, 6) is 0. The molecule has 0 atom stereocenters. The summed E-state index contributed by atoms with van der Waals surface area (Å²) in [5.41, 5.74) is 0. The van der Waals surface area contributed by atoms with Gasteiger partial charge in [-0.3, -0.25) is 0 Å². The lowest BCUT2D eigenvalue weighted by Gasteiger charge is -2.04. The molecule has 1 N–H and O–H groups in total. The Bertz CT molecular complexity index is 86.7. The molecule has 0 aromatic heterocycles. The van der Waals surface area contributed by atoms with E-state index in [1.807, 2.05) is 0 Å². The lowest BCUT2D eigenvalue weighted by Crippen LogP contribution is -2.16. The number of hydrogen-bond donors (Lipinski definition) is 1. The maximum absolute atomic E-state index is 11.3. The van der Waals surface area contributed by atoms with E-state index in [4.69, 9.17) is 0 Å². The first kappa shape index (κ1) is 8.33. The fourth-order valence-corrected chi connectivity index (χ4v) is 0.316. The van der Waals surface area contributed by atoms with Crippen molar-refractivity contribution in [1.29, 1.82) is 0 Å². The minimum absolute atomic E-state index is 0.0903. The highest BCUT2D eigenvalue weighted by atomic mass is 19.4. The van der Waals surface area contributed by atoms with Crippen LogP contribution in [-0.4, -0.2) is 12.7 Å². The maximum Gasteiger partial charge on any atom is 0.390 e. The normalized spacial score (nSPS) is 11.0. The Kier molecular flexibility index (Phi) is 3.12. The highest BCUT2D eigenvalue weighted by molar-refractivity contribution is 4.64. The van der Waals surface area contributed by atoms with Crippen molar-refractivity contribution < 1.29 is 13.2 Å². The van der Waals surface area contributed by atoms with Crippen molar-refractivity contribution in [2.24, 2.45) is 0 Å². The molecule has 0 spiro atoms. The minimum atomic E-state index is -4.06. The first-order chi connectivity index (χ1) is 4.06. The van der Waals surface area contributed by atoms with Crippen molar-refractivity contribution in [3.63, 3.8) is 0 Å². The van der Waals surface area contributed by atoms with Crippen LogP contribution < -0.4 is 5.32 Å². The van der Waals surface area contributed by atoms with Crippen LogP contribution in [0.5, 0.6) is 0 Å². The summed E-state index contributed by atoms with van der Waals surface area (Å²) in [6.45, 7) is 3.11. The van der Waals surface area contributed by atoms with E-state index in [1.54, 1.807) is 0 Å². The molecule has 0 bridgehead atoms. The molecule has 0 heterocycles. The third kappa shape index (κ3) is 7.33. The second-order valence-corrected chi connectivity index (χ2v) is 1.52. The molecule has 0 unspecified atom stereocenters. The standard InChI is InChI=1S/C5H8F3N/c1-2-9-4-3-5(6,7)8/h2,9H,1,3-4H2. The van der Waals surface area contributed by atoms with Gasteiger partial charge in [0.25, 0.3) is 0 Å². The van der Waals surface area contributed by atoms with Gasteiger partial charge < -0.3 is 5.32 Å². The fraction of sp³-hybridized carbons (Fsp3) is 0.600. The van der Waals surface area contributed by atoms with Crippen molar-refractivity contribution in [3.8, 4) is 0 Å². The molecule has 0 saturated carbocycles. The van der Waals surface area contributed by atoms with Crippen molar-refractivity contribution in [2.45, 2.75) is 12.6 Å². The zero-order valence-corrected chi connectivity index (χ0v) is 4.83. The average molecular weight is 139 g/mol. The second-order valence-electron chi connectivity index (χ2n) is 1.52. The topological polar surface area (TPSA) is 12.0 Å². The Labute approximate surface area is 51.6 Å². The van der Waals surface area contributed by atoms with Crippen LogP contribution in [0.1, 0.15) is 6.42 Å². The highest BCUT2D eigenvalue weighted by Crippen LogP contribution is 2.17. The Morgan fingerprint density at radius 2 is 2.00 bits per heavy atom. The van der Waals surface area contributed by atoms with Crippen molar-refractivity contribution in [2.75, 3.05) is 6.54 Å². The largest absolute Gasteiger partial charge is 0.391 e. The van der Waals surface area contributed by atoms with Crippen LogP contribution >= 0.6 is 0 Å². The molecule has 0 fully saturated rings. The molecular formula is C5H8F3N. The summed E-state index contributed by atoms with van der Waals surface area (Å²) in [6, 6.07) is 0. The molecule has 0 rings (SSSR count). The van der Waals surface area contributed by atoms with E-state index in [-0.39, 0.29) is 6.54 Å². The predicted octanol–water partition coefficient (Wildman–Crippen LogP) is 1.67. The number of rotatable bonds is 3. The third-order valence-corrected chi connectivity index (χ3v) is 0.697. The molecule has 9 heavy (non-hydrogen) atoms. The molecule has 0 saturated heterocycles. The fourth-order valence-electron chi connectivity index (χ4n) is 0.316. The smallest absolute Gasteiger partial charge is 0.390 e. The van der Waals surface area contributed by atoms with E-state index < -0.39 is 12.6 Å². The molecule has 0 aliphatic heterocycles. The molecule has 4 heteroatoms. The summed E-state index contributed by atoms with van der Waals surface area (Å²) >= 11 is 0. The van der Waals surface area contributed by atoms with Gasteiger partial charge in [0.1, 0.15) is 0 Å². The lowest BCUT2D eigenvalue weighted by atomic mass is 10.4. The van der Waals surface area contributed by atoms with Gasteiger partial charge in [0.05, 0.1) is 6.42 Å². The van der Waals surface area contributed by atoms with Gasteiger partial charge in [-0.2, -0.15) is 13.2 Å². The van der Waals surface area contributed by atoms with E-state index >= 15 is 0 Å². The van der Waals surface area contributed by atoms with Gasteiger partial charge in [-0.1, -0.05) is 6.58 Å². The zero-order valence-electron chi connectivity index (χ0n) is 4.83. The van der Waals surface area contributed by atoms with Crippen molar-refractivity contribution in [3.05, 3.63) is 12.8 Å². The maximum atomic E-state index is 11.3. The Hall–Kier alpha value is -0.670. The van der Waals surface area contributed by atoms with Crippen molar-refractivity contribution in [1.82, 2.24) is 5.32 Å². The average Bonchev–Trinajstić information content (AvgIpc) is 1.63. The molecule has 1 nitrogen and oxygen atoms in total. The van der Waals surface area contributed by atoms with Crippen molar-refractivity contribution >= 4 is 0 Å². The van der Waals surface area contributed by atoms with E-state index in [1.165, 1.54) is 6.20 Å². The molecule has 0 aromatic rings.